The number of ether oxygens (including phenoxy) is 1. The Balaban J connectivity index is 2.15. The Hall–Kier alpha value is -3.27. The summed E-state index contributed by atoms with van der Waals surface area (Å²) in [6.45, 7) is 2.08. The lowest BCUT2D eigenvalue weighted by atomic mass is 9.91. The van der Waals surface area contributed by atoms with Crippen LogP contribution >= 0.6 is 0 Å². The third-order valence-electron chi connectivity index (χ3n) is 4.23. The van der Waals surface area contributed by atoms with Gasteiger partial charge in [-0.15, -0.1) is 0 Å². The average Bonchev–Trinajstić information content (AvgIpc) is 2.66. The van der Waals surface area contributed by atoms with Gasteiger partial charge in [0.15, 0.2) is 0 Å². The molecule has 0 aliphatic carbocycles. The number of phenolic OH excluding ortho intramolecular Hbond substituents is 1. The highest BCUT2D eigenvalue weighted by molar-refractivity contribution is 6.00. The van der Waals surface area contributed by atoms with Crippen molar-refractivity contribution in [1.29, 1.82) is 0 Å². The zero-order valence-electron chi connectivity index (χ0n) is 14.6. The number of esters is 1. The molecule has 3 aromatic rings. The van der Waals surface area contributed by atoms with Crippen molar-refractivity contribution in [3.05, 3.63) is 83.4 Å². The smallest absolute Gasteiger partial charge is 0.339 e. The standard InChI is InChI=1S/C22H21NO3/c1-2-26-22(25)21-18(16-6-4-3-5-7-16)12-13-20(23)19(21)14-15-8-10-17(24)11-9-15/h3-13,24H,2,14,23H2,1H3. The van der Waals surface area contributed by atoms with Gasteiger partial charge in [0.05, 0.1) is 12.2 Å². The number of nitrogen functional groups attached to an aromatic ring is 1. The summed E-state index contributed by atoms with van der Waals surface area (Å²) >= 11 is 0. The molecule has 0 saturated heterocycles. The van der Waals surface area contributed by atoms with E-state index in [4.69, 9.17) is 10.5 Å². The zero-order chi connectivity index (χ0) is 18.5. The number of aromatic hydroxyl groups is 1. The van der Waals surface area contributed by atoms with Crippen LogP contribution in [-0.2, 0) is 11.2 Å². The Morgan fingerprint density at radius 1 is 1.00 bits per heavy atom. The molecule has 3 rings (SSSR count). The van der Waals surface area contributed by atoms with Gasteiger partial charge in [-0.05, 0) is 47.4 Å². The second-order valence-electron chi connectivity index (χ2n) is 5.99. The van der Waals surface area contributed by atoms with Crippen LogP contribution in [0.5, 0.6) is 5.75 Å². The summed E-state index contributed by atoms with van der Waals surface area (Å²) < 4.78 is 5.31. The molecule has 4 heteroatoms. The number of anilines is 1. The average molecular weight is 347 g/mol. The number of rotatable bonds is 5. The summed E-state index contributed by atoms with van der Waals surface area (Å²) in [7, 11) is 0. The van der Waals surface area contributed by atoms with Gasteiger partial charge in [0.2, 0.25) is 0 Å². The lowest BCUT2D eigenvalue weighted by Gasteiger charge is -2.17. The van der Waals surface area contributed by atoms with Crippen molar-refractivity contribution in [3.8, 4) is 16.9 Å². The second kappa shape index (κ2) is 7.74. The number of phenols is 1. The van der Waals surface area contributed by atoms with Crippen LogP contribution in [0.2, 0.25) is 0 Å². The molecule has 0 radical (unpaired) electrons. The fourth-order valence-electron chi connectivity index (χ4n) is 2.97. The van der Waals surface area contributed by atoms with Crippen molar-refractivity contribution in [2.45, 2.75) is 13.3 Å². The zero-order valence-corrected chi connectivity index (χ0v) is 14.6. The third kappa shape index (κ3) is 3.70. The van der Waals surface area contributed by atoms with E-state index >= 15 is 0 Å². The van der Waals surface area contributed by atoms with Crippen molar-refractivity contribution < 1.29 is 14.6 Å². The normalized spacial score (nSPS) is 10.5. The minimum absolute atomic E-state index is 0.199. The summed E-state index contributed by atoms with van der Waals surface area (Å²) in [5.41, 5.74) is 10.7. The van der Waals surface area contributed by atoms with Gasteiger partial charge in [-0.25, -0.2) is 4.79 Å². The fraction of sp³-hybridized carbons (Fsp3) is 0.136. The van der Waals surface area contributed by atoms with Crippen LogP contribution in [0.3, 0.4) is 0 Å². The van der Waals surface area contributed by atoms with Crippen molar-refractivity contribution in [2.75, 3.05) is 12.3 Å². The number of carbonyl (C=O) groups is 1. The first-order valence-corrected chi connectivity index (χ1v) is 8.52. The summed E-state index contributed by atoms with van der Waals surface area (Å²) in [6.07, 6.45) is 0.473. The van der Waals surface area contributed by atoms with Gasteiger partial charge in [-0.1, -0.05) is 48.5 Å². The first-order chi connectivity index (χ1) is 12.6. The Morgan fingerprint density at radius 3 is 2.35 bits per heavy atom. The molecule has 0 aliphatic heterocycles. The molecule has 0 bridgehead atoms. The molecule has 3 N–H and O–H groups in total. The molecular weight excluding hydrogens is 326 g/mol. The SMILES string of the molecule is CCOC(=O)c1c(-c2ccccc2)ccc(N)c1Cc1ccc(O)cc1. The molecule has 0 amide bonds. The van der Waals surface area contributed by atoms with E-state index in [0.717, 1.165) is 22.3 Å². The Morgan fingerprint density at radius 2 is 1.69 bits per heavy atom. The van der Waals surface area contributed by atoms with E-state index in [2.05, 4.69) is 0 Å². The molecule has 4 nitrogen and oxygen atoms in total. The molecule has 0 aliphatic rings. The van der Waals surface area contributed by atoms with E-state index in [1.807, 2.05) is 54.6 Å². The van der Waals surface area contributed by atoms with Crippen LogP contribution < -0.4 is 5.73 Å². The number of carbonyl (C=O) groups excluding carboxylic acids is 1. The van der Waals surface area contributed by atoms with E-state index in [0.29, 0.717) is 24.3 Å². The number of hydrogen-bond acceptors (Lipinski definition) is 4. The largest absolute Gasteiger partial charge is 0.508 e. The third-order valence-corrected chi connectivity index (χ3v) is 4.23. The Bertz CT molecular complexity index is 903. The van der Waals surface area contributed by atoms with Gasteiger partial charge >= 0.3 is 5.97 Å². The van der Waals surface area contributed by atoms with Gasteiger partial charge in [-0.3, -0.25) is 0 Å². The van der Waals surface area contributed by atoms with E-state index in [9.17, 15) is 9.90 Å². The number of benzene rings is 3. The summed E-state index contributed by atoms with van der Waals surface area (Å²) in [4.78, 5) is 12.7. The van der Waals surface area contributed by atoms with E-state index in [-0.39, 0.29) is 11.7 Å². The molecule has 0 fully saturated rings. The topological polar surface area (TPSA) is 72.5 Å². The summed E-state index contributed by atoms with van der Waals surface area (Å²) in [6, 6.07) is 20.3. The highest BCUT2D eigenvalue weighted by Crippen LogP contribution is 2.32. The predicted molar refractivity (Wildman–Crippen MR) is 103 cm³/mol. The van der Waals surface area contributed by atoms with Crippen molar-refractivity contribution in [3.63, 3.8) is 0 Å². The van der Waals surface area contributed by atoms with Crippen LogP contribution in [0.25, 0.3) is 11.1 Å². The molecular formula is C22H21NO3. The van der Waals surface area contributed by atoms with E-state index in [1.165, 1.54) is 0 Å². The van der Waals surface area contributed by atoms with Gasteiger partial charge in [0, 0.05) is 12.1 Å². The van der Waals surface area contributed by atoms with Crippen LogP contribution in [0.4, 0.5) is 5.69 Å². The van der Waals surface area contributed by atoms with Crippen LogP contribution in [0.15, 0.2) is 66.7 Å². The number of hydrogen-bond donors (Lipinski definition) is 2. The van der Waals surface area contributed by atoms with Gasteiger partial charge in [0.1, 0.15) is 5.75 Å². The Labute approximate surface area is 152 Å². The molecule has 132 valence electrons. The lowest BCUT2D eigenvalue weighted by Crippen LogP contribution is -2.12. The highest BCUT2D eigenvalue weighted by Gasteiger charge is 2.21. The van der Waals surface area contributed by atoms with Crippen molar-refractivity contribution in [2.24, 2.45) is 0 Å². The molecule has 0 heterocycles. The van der Waals surface area contributed by atoms with Gasteiger partial charge in [-0.2, -0.15) is 0 Å². The van der Waals surface area contributed by atoms with Crippen LogP contribution in [0.1, 0.15) is 28.4 Å². The van der Waals surface area contributed by atoms with E-state index in [1.54, 1.807) is 19.1 Å². The maximum absolute atomic E-state index is 12.7. The molecule has 0 atom stereocenters. The van der Waals surface area contributed by atoms with Crippen molar-refractivity contribution in [1.82, 2.24) is 0 Å². The first-order valence-electron chi connectivity index (χ1n) is 8.52. The fourth-order valence-corrected chi connectivity index (χ4v) is 2.97. The quantitative estimate of drug-likeness (QED) is 0.530. The molecule has 3 aromatic carbocycles. The summed E-state index contributed by atoms with van der Waals surface area (Å²) in [5.74, 6) is -0.183. The molecule has 0 aromatic heterocycles. The maximum atomic E-state index is 12.7. The lowest BCUT2D eigenvalue weighted by molar-refractivity contribution is 0.0526. The Kier molecular flexibility index (Phi) is 5.23. The van der Waals surface area contributed by atoms with Crippen molar-refractivity contribution >= 4 is 11.7 Å². The maximum Gasteiger partial charge on any atom is 0.339 e. The first kappa shape index (κ1) is 17.5. The van der Waals surface area contributed by atoms with Crippen LogP contribution in [-0.4, -0.2) is 17.7 Å². The molecule has 0 saturated carbocycles. The number of nitrogens with two attached hydrogens (primary N) is 1. The molecule has 26 heavy (non-hydrogen) atoms. The minimum Gasteiger partial charge on any atom is -0.508 e. The second-order valence-corrected chi connectivity index (χ2v) is 5.99. The van der Waals surface area contributed by atoms with Crippen LogP contribution in [0, 0.1) is 0 Å². The van der Waals surface area contributed by atoms with Gasteiger partial charge < -0.3 is 15.6 Å². The van der Waals surface area contributed by atoms with E-state index < -0.39 is 0 Å². The summed E-state index contributed by atoms with van der Waals surface area (Å²) in [5, 5.41) is 9.48. The monoisotopic (exact) mass is 347 g/mol. The highest BCUT2D eigenvalue weighted by atomic mass is 16.5. The predicted octanol–water partition coefficient (Wildman–Crippen LogP) is 4.41. The molecule has 0 spiro atoms. The minimum atomic E-state index is -0.382. The molecule has 0 unspecified atom stereocenters. The van der Waals surface area contributed by atoms with Gasteiger partial charge in [0.25, 0.3) is 0 Å².